The minimum atomic E-state index is -4.54. The highest BCUT2D eigenvalue weighted by Gasteiger charge is 2.50. The Balaban J connectivity index is 0.904. The van der Waals surface area contributed by atoms with Gasteiger partial charge in [0.25, 0.3) is 21.6 Å². The van der Waals surface area contributed by atoms with E-state index >= 15 is 0 Å². The van der Waals surface area contributed by atoms with Crippen molar-refractivity contribution < 1.29 is 27.6 Å². The van der Waals surface area contributed by atoms with Crippen LogP contribution >= 0.6 is 11.6 Å². The molecule has 16 heteroatoms. The molecule has 0 radical (unpaired) electrons. The molecule has 326 valence electrons. The Labute approximate surface area is 366 Å². The van der Waals surface area contributed by atoms with Gasteiger partial charge < -0.3 is 24.7 Å². The van der Waals surface area contributed by atoms with Crippen LogP contribution in [0.15, 0.2) is 84.0 Å². The summed E-state index contributed by atoms with van der Waals surface area (Å²) in [6.07, 6.45) is 12.7. The Bertz CT molecular complexity index is 2580. The smallest absolute Gasteiger partial charge is 0.293 e. The van der Waals surface area contributed by atoms with Crippen molar-refractivity contribution in [3.05, 3.63) is 111 Å². The van der Waals surface area contributed by atoms with Gasteiger partial charge in [-0.15, -0.1) is 0 Å². The molecule has 5 aromatic rings. The highest BCUT2D eigenvalue weighted by atomic mass is 35.5. The summed E-state index contributed by atoms with van der Waals surface area (Å²) in [6, 6.07) is 19.7. The fraction of sp³-hybridized carbons (Fsp3) is 0.435. The molecule has 3 saturated heterocycles. The molecule has 1 aliphatic carbocycles. The molecule has 4 fully saturated rings. The number of nitrogens with zero attached hydrogens (tertiary/aromatic N) is 4. The largest absolute Gasteiger partial charge is 0.455 e. The maximum Gasteiger partial charge on any atom is 0.293 e. The standard InChI is InChI=1S/C46H52ClN7O7S/c1-2-36-37(5-3-6-39(36)47)41-7-4-18-53(41)33-26-46(27-33)15-19-52(20-16-46)32-8-10-38(43(24-32)61-34-23-31-12-17-48-44(31)50-29-34)45(55)51-62(58,59)35-9-11-40(42(25-35)54(56)57)49-28-30-13-21-60-22-14-30/h3,5-6,8-12,17,23-25,29-30,33,41,49H,2,4,7,13-16,18-22,26-28H2,1H3,(H,48,50)(H,51,55)/t41-/m1/s1. The topological polar surface area (TPSA) is 172 Å². The number of pyridine rings is 1. The van der Waals surface area contributed by atoms with Crippen molar-refractivity contribution in [3.8, 4) is 11.5 Å². The van der Waals surface area contributed by atoms with Crippen molar-refractivity contribution in [2.24, 2.45) is 11.3 Å². The van der Waals surface area contributed by atoms with E-state index in [4.69, 9.17) is 21.1 Å². The minimum Gasteiger partial charge on any atom is -0.455 e. The van der Waals surface area contributed by atoms with E-state index < -0.39 is 31.4 Å². The van der Waals surface area contributed by atoms with E-state index in [1.807, 2.05) is 18.2 Å². The Morgan fingerprint density at radius 2 is 1.85 bits per heavy atom. The van der Waals surface area contributed by atoms with Crippen LogP contribution in [0.1, 0.15) is 85.8 Å². The highest BCUT2D eigenvalue weighted by molar-refractivity contribution is 7.90. The molecule has 1 spiro atoms. The third kappa shape index (κ3) is 8.59. The lowest BCUT2D eigenvalue weighted by atomic mass is 9.59. The Morgan fingerprint density at radius 3 is 2.63 bits per heavy atom. The van der Waals surface area contributed by atoms with Crippen molar-refractivity contribution >= 4 is 55.6 Å². The number of ether oxygens (including phenoxy) is 2. The van der Waals surface area contributed by atoms with Crippen molar-refractivity contribution in [2.45, 2.75) is 81.7 Å². The normalized spacial score (nSPS) is 19.7. The zero-order valence-electron chi connectivity index (χ0n) is 34.8. The lowest BCUT2D eigenvalue weighted by Crippen LogP contribution is -2.54. The molecule has 9 rings (SSSR count). The monoisotopic (exact) mass is 881 g/mol. The van der Waals surface area contributed by atoms with E-state index in [1.54, 1.807) is 30.6 Å². The summed E-state index contributed by atoms with van der Waals surface area (Å²) < 4.78 is 41.2. The van der Waals surface area contributed by atoms with E-state index in [2.05, 4.69) is 48.9 Å². The van der Waals surface area contributed by atoms with Gasteiger partial charge in [-0.1, -0.05) is 30.7 Å². The third-order valence-corrected chi connectivity index (χ3v) is 15.3. The highest BCUT2D eigenvalue weighted by Crippen LogP contribution is 2.54. The third-order valence-electron chi connectivity index (χ3n) is 13.6. The first-order valence-corrected chi connectivity index (χ1v) is 23.6. The van der Waals surface area contributed by atoms with E-state index in [1.165, 1.54) is 42.5 Å². The quantitative estimate of drug-likeness (QED) is 0.0761. The number of nitrogens with one attached hydrogen (secondary N) is 3. The summed E-state index contributed by atoms with van der Waals surface area (Å²) in [4.78, 5) is 37.5. The van der Waals surface area contributed by atoms with Gasteiger partial charge in [0.05, 0.1) is 21.6 Å². The van der Waals surface area contributed by atoms with Crippen LogP contribution in [-0.2, 0) is 21.2 Å². The maximum atomic E-state index is 13.9. The Hall–Kier alpha value is -5.22. The van der Waals surface area contributed by atoms with Crippen LogP contribution in [0, 0.1) is 21.4 Å². The minimum absolute atomic E-state index is 0.0165. The summed E-state index contributed by atoms with van der Waals surface area (Å²) in [7, 11) is -4.54. The van der Waals surface area contributed by atoms with E-state index in [-0.39, 0.29) is 28.3 Å². The first kappa shape index (κ1) is 42.1. The van der Waals surface area contributed by atoms with Gasteiger partial charge >= 0.3 is 0 Å². The number of fused-ring (bicyclic) bond motifs is 1. The molecular formula is C46H52ClN7O7S. The lowest BCUT2D eigenvalue weighted by molar-refractivity contribution is -0.384. The summed E-state index contributed by atoms with van der Waals surface area (Å²) in [5, 5.41) is 16.9. The van der Waals surface area contributed by atoms with Crippen molar-refractivity contribution in [1.82, 2.24) is 19.6 Å². The number of amides is 1. The molecule has 14 nitrogen and oxygen atoms in total. The van der Waals surface area contributed by atoms with Crippen LogP contribution in [-0.4, -0.2) is 79.6 Å². The summed E-state index contributed by atoms with van der Waals surface area (Å²) in [6.45, 7) is 6.71. The number of likely N-dealkylation sites (tertiary alicyclic amines) is 1. The second-order valence-corrected chi connectivity index (χ2v) is 19.4. The number of hydrogen-bond acceptors (Lipinski definition) is 11. The van der Waals surface area contributed by atoms with Crippen LogP contribution in [0.3, 0.4) is 0 Å². The number of carbonyl (C=O) groups excluding carboxylic acids is 1. The van der Waals surface area contributed by atoms with Crippen molar-refractivity contribution in [3.63, 3.8) is 0 Å². The van der Waals surface area contributed by atoms with Crippen LogP contribution < -0.4 is 19.7 Å². The summed E-state index contributed by atoms with van der Waals surface area (Å²) in [5.74, 6) is -0.135. The van der Waals surface area contributed by atoms with Crippen LogP contribution in [0.5, 0.6) is 11.5 Å². The van der Waals surface area contributed by atoms with Crippen LogP contribution in [0.25, 0.3) is 11.0 Å². The molecule has 5 heterocycles. The molecule has 1 saturated carbocycles. The lowest BCUT2D eigenvalue weighted by Gasteiger charge is -2.56. The van der Waals surface area contributed by atoms with Crippen LogP contribution in [0.4, 0.5) is 17.1 Å². The van der Waals surface area contributed by atoms with E-state index in [0.717, 1.165) is 80.3 Å². The number of nitro groups is 1. The number of rotatable bonds is 13. The predicted octanol–water partition coefficient (Wildman–Crippen LogP) is 9.02. The number of sulfonamides is 1. The summed E-state index contributed by atoms with van der Waals surface area (Å²) >= 11 is 6.65. The van der Waals surface area contributed by atoms with Crippen molar-refractivity contribution in [2.75, 3.05) is 49.6 Å². The van der Waals surface area contributed by atoms with E-state index in [0.29, 0.717) is 43.2 Å². The number of hydrogen-bond donors (Lipinski definition) is 3. The maximum absolute atomic E-state index is 13.9. The van der Waals surface area contributed by atoms with Gasteiger partial charge in [-0.25, -0.2) is 18.1 Å². The number of anilines is 2. The molecule has 3 aromatic carbocycles. The van der Waals surface area contributed by atoms with Gasteiger partial charge in [-0.2, -0.15) is 0 Å². The number of carbonyl (C=O) groups is 1. The van der Waals surface area contributed by atoms with E-state index in [9.17, 15) is 23.3 Å². The second kappa shape index (κ2) is 17.5. The van der Waals surface area contributed by atoms with Gasteiger partial charge in [0.1, 0.15) is 22.8 Å². The van der Waals surface area contributed by atoms with Crippen LogP contribution in [0.2, 0.25) is 5.02 Å². The zero-order valence-corrected chi connectivity index (χ0v) is 36.3. The summed E-state index contributed by atoms with van der Waals surface area (Å²) in [5.41, 5.74) is 4.25. The molecule has 1 atom stereocenters. The zero-order chi connectivity index (χ0) is 43.0. The van der Waals surface area contributed by atoms with Crippen molar-refractivity contribution in [1.29, 1.82) is 0 Å². The molecule has 0 bridgehead atoms. The first-order valence-electron chi connectivity index (χ1n) is 21.7. The van der Waals surface area contributed by atoms with Gasteiger partial charge in [0.15, 0.2) is 0 Å². The SMILES string of the molecule is CCc1c(Cl)cccc1[C@H]1CCCN1C1CC2(CCN(c3ccc(C(=O)NS(=O)(=O)c4ccc(NCC5CCOCC5)c([N+](=O)[O-])c4)c(Oc4cnc5[nH]ccc5c4)c3)CC2)C1. The fourth-order valence-electron chi connectivity index (χ4n) is 10.1. The molecule has 4 aliphatic rings. The Kier molecular flexibility index (Phi) is 11.9. The molecule has 1 amide bonds. The molecular weight excluding hydrogens is 830 g/mol. The number of benzene rings is 3. The molecule has 3 aliphatic heterocycles. The Morgan fingerprint density at radius 1 is 1.05 bits per heavy atom. The predicted molar refractivity (Wildman–Crippen MR) is 239 cm³/mol. The number of halogens is 1. The number of H-pyrrole nitrogens is 1. The number of nitro benzene ring substituents is 1. The molecule has 62 heavy (non-hydrogen) atoms. The van der Waals surface area contributed by atoms with Gasteiger partial charge in [0.2, 0.25) is 0 Å². The average Bonchev–Trinajstić information content (AvgIpc) is 3.95. The van der Waals surface area contributed by atoms with Gasteiger partial charge in [-0.05, 0) is 129 Å². The second-order valence-electron chi connectivity index (χ2n) is 17.3. The van der Waals surface area contributed by atoms with Gasteiger partial charge in [0, 0.05) is 79.4 Å². The number of aromatic nitrogens is 2. The number of piperidine rings is 1. The fourth-order valence-corrected chi connectivity index (χ4v) is 11.4. The average molecular weight is 882 g/mol. The molecule has 2 aromatic heterocycles. The first-order chi connectivity index (χ1) is 30.0. The van der Waals surface area contributed by atoms with Gasteiger partial charge in [-0.3, -0.25) is 19.8 Å². The molecule has 0 unspecified atom stereocenters. The molecule has 3 N–H and O–H groups in total. The number of aromatic amines is 1.